The van der Waals surface area contributed by atoms with E-state index in [9.17, 15) is 0 Å². The number of nitrogens with zero attached hydrogens (tertiary/aromatic N) is 4. The molecule has 1 aliphatic carbocycles. The molecule has 0 N–H and O–H groups in total. The van der Waals surface area contributed by atoms with Gasteiger partial charge in [-0.2, -0.15) is 0 Å². The molecule has 12 rings (SSSR count). The van der Waals surface area contributed by atoms with Gasteiger partial charge in [0.05, 0.1) is 50.4 Å². The van der Waals surface area contributed by atoms with Crippen LogP contribution in [-0.4, -0.2) is 18.7 Å². The molecule has 0 bridgehead atoms. The van der Waals surface area contributed by atoms with E-state index in [0.29, 0.717) is 0 Å². The molecule has 0 saturated carbocycles. The fourth-order valence-electron chi connectivity index (χ4n) is 9.56. The van der Waals surface area contributed by atoms with Crippen LogP contribution in [0, 0.1) is 0 Å². The third-order valence-electron chi connectivity index (χ3n) is 11.9. The fraction of sp³-hybridized carbons (Fsp3) is 0.0377. The Balaban J connectivity index is 1.20. The van der Waals surface area contributed by atoms with Gasteiger partial charge in [0.25, 0.3) is 0 Å². The highest BCUT2D eigenvalue weighted by Crippen LogP contribution is 2.43. The third kappa shape index (κ3) is 4.77. The predicted octanol–water partition coefficient (Wildman–Crippen LogP) is 13.3. The second-order valence-electron chi connectivity index (χ2n) is 15.0. The summed E-state index contributed by atoms with van der Waals surface area (Å²) in [6, 6.07) is 68.0. The van der Waals surface area contributed by atoms with Crippen LogP contribution in [0.15, 0.2) is 194 Å². The van der Waals surface area contributed by atoms with E-state index in [1.165, 1.54) is 60.3 Å². The molecule has 11 aromatic rings. The van der Waals surface area contributed by atoms with E-state index in [4.69, 9.17) is 4.98 Å². The van der Waals surface area contributed by atoms with Gasteiger partial charge in [-0.3, -0.25) is 0 Å². The fourth-order valence-corrected chi connectivity index (χ4v) is 9.56. The summed E-state index contributed by atoms with van der Waals surface area (Å²) in [5.41, 5.74) is 16.0. The molecule has 0 amide bonds. The van der Waals surface area contributed by atoms with E-state index in [1.54, 1.807) is 0 Å². The van der Waals surface area contributed by atoms with E-state index < -0.39 is 0 Å². The van der Waals surface area contributed by atoms with Crippen molar-refractivity contribution in [3.8, 4) is 28.3 Å². The van der Waals surface area contributed by atoms with E-state index in [0.717, 1.165) is 57.9 Å². The Morgan fingerprint density at radius 3 is 1.53 bits per heavy atom. The maximum absolute atomic E-state index is 5.75. The van der Waals surface area contributed by atoms with Crippen LogP contribution in [0.25, 0.3) is 88.4 Å². The largest absolute Gasteiger partial charge is 0.309 e. The highest BCUT2D eigenvalue weighted by molar-refractivity contribution is 6.14. The summed E-state index contributed by atoms with van der Waals surface area (Å²) >= 11 is 0. The first-order valence-electron chi connectivity index (χ1n) is 19.8. The second kappa shape index (κ2) is 12.6. The minimum Gasteiger partial charge on any atom is -0.309 e. The van der Waals surface area contributed by atoms with Gasteiger partial charge in [-0.1, -0.05) is 133 Å². The Kier molecular flexibility index (Phi) is 7.02. The number of hydrogen-bond donors (Lipinski definition) is 0. The summed E-state index contributed by atoms with van der Waals surface area (Å²) in [4.78, 5) is 5.75. The summed E-state index contributed by atoms with van der Waals surface area (Å²) < 4.78 is 7.31. The average Bonchev–Trinajstić information content (AvgIpc) is 3.93. The van der Waals surface area contributed by atoms with Crippen LogP contribution in [-0.2, 0) is 6.42 Å². The summed E-state index contributed by atoms with van der Waals surface area (Å²) in [6.07, 6.45) is 4.35. The minimum absolute atomic E-state index is 0.936. The van der Waals surface area contributed by atoms with Crippen molar-refractivity contribution in [1.29, 1.82) is 0 Å². The Bertz CT molecular complexity index is 3340. The third-order valence-corrected chi connectivity index (χ3v) is 11.9. The van der Waals surface area contributed by atoms with Crippen molar-refractivity contribution < 1.29 is 0 Å². The minimum atomic E-state index is 0.936. The first-order valence-corrected chi connectivity index (χ1v) is 19.8. The molecule has 4 nitrogen and oxygen atoms in total. The first-order chi connectivity index (χ1) is 28.3. The van der Waals surface area contributed by atoms with Crippen LogP contribution in [0.4, 0.5) is 0 Å². The molecule has 0 unspecified atom stereocenters. The zero-order valence-corrected chi connectivity index (χ0v) is 31.2. The highest BCUT2D eigenvalue weighted by atomic mass is 15.0. The van der Waals surface area contributed by atoms with Crippen LogP contribution >= 0.6 is 0 Å². The Morgan fingerprint density at radius 1 is 0.386 bits per heavy atom. The summed E-state index contributed by atoms with van der Waals surface area (Å²) in [5.74, 6) is 0. The molecule has 0 spiro atoms. The molecule has 0 aliphatic heterocycles. The van der Waals surface area contributed by atoms with Crippen LogP contribution in [0.2, 0.25) is 0 Å². The van der Waals surface area contributed by atoms with Crippen molar-refractivity contribution in [2.45, 2.75) is 12.8 Å². The first kappa shape index (κ1) is 31.9. The van der Waals surface area contributed by atoms with Crippen molar-refractivity contribution in [2.24, 2.45) is 0 Å². The van der Waals surface area contributed by atoms with E-state index >= 15 is 0 Å². The number of para-hydroxylation sites is 7. The quantitative estimate of drug-likeness (QED) is 0.173. The number of aromatic nitrogens is 4. The molecule has 0 atom stereocenters. The molecule has 57 heavy (non-hydrogen) atoms. The van der Waals surface area contributed by atoms with Gasteiger partial charge in [0.15, 0.2) is 0 Å². The van der Waals surface area contributed by atoms with E-state index in [-0.39, 0.29) is 0 Å². The predicted molar refractivity (Wildman–Crippen MR) is 237 cm³/mol. The molecule has 0 fully saturated rings. The van der Waals surface area contributed by atoms with Crippen molar-refractivity contribution in [2.75, 3.05) is 0 Å². The normalized spacial score (nSPS) is 12.9. The zero-order chi connectivity index (χ0) is 37.5. The van der Waals surface area contributed by atoms with Crippen molar-refractivity contribution in [1.82, 2.24) is 18.7 Å². The van der Waals surface area contributed by atoms with Crippen LogP contribution in [0.5, 0.6) is 0 Å². The van der Waals surface area contributed by atoms with E-state index in [2.05, 4.69) is 208 Å². The van der Waals surface area contributed by atoms with Crippen molar-refractivity contribution in [3.63, 3.8) is 0 Å². The Morgan fingerprint density at radius 2 is 0.877 bits per heavy atom. The van der Waals surface area contributed by atoms with Gasteiger partial charge in [0.1, 0.15) is 0 Å². The Labute approximate surface area is 329 Å². The molecule has 0 saturated heterocycles. The number of allylic oxidation sites excluding steroid dienone is 1. The van der Waals surface area contributed by atoms with Crippen molar-refractivity contribution >= 4 is 60.1 Å². The maximum atomic E-state index is 5.75. The molecule has 4 heterocycles. The lowest BCUT2D eigenvalue weighted by Gasteiger charge is -2.21. The summed E-state index contributed by atoms with van der Waals surface area (Å²) in [5, 5.41) is 6.22. The lowest BCUT2D eigenvalue weighted by atomic mass is 9.92. The highest BCUT2D eigenvalue weighted by Gasteiger charge is 2.27. The van der Waals surface area contributed by atoms with Gasteiger partial charge in [0, 0.05) is 49.4 Å². The monoisotopic (exact) mass is 728 g/mol. The topological polar surface area (TPSA) is 27.7 Å². The molecule has 0 radical (unpaired) electrons. The molecule has 7 aromatic carbocycles. The number of pyridine rings is 1. The number of hydrogen-bond acceptors (Lipinski definition) is 1. The van der Waals surface area contributed by atoms with Crippen LogP contribution < -0.4 is 0 Å². The second-order valence-corrected chi connectivity index (χ2v) is 15.0. The average molecular weight is 729 g/mol. The standard InChI is InChI=1S/C53H36N4/c1-3-17-35(18-4-1)56-50-31-13-9-23-40(50)42-25-15-27-44(52(42)56)46-33-37(55-48-29-11-7-21-38(48)39-22-8-12-30-49(39)55)34-47(54-46)45-28-16-26-43-41-24-10-14-32-51(41)57(53(43)45)36-19-5-2-6-20-36/h1-15,17-25,27-34H,16,26H2. The lowest BCUT2D eigenvalue weighted by molar-refractivity contribution is 0.952. The number of benzene rings is 7. The molecular weight excluding hydrogens is 693 g/mol. The van der Waals surface area contributed by atoms with Crippen LogP contribution in [0.3, 0.4) is 0 Å². The smallest absolute Gasteiger partial charge is 0.0751 e. The maximum Gasteiger partial charge on any atom is 0.0751 e. The molecule has 4 aromatic heterocycles. The van der Waals surface area contributed by atoms with Crippen molar-refractivity contribution in [3.05, 3.63) is 211 Å². The van der Waals surface area contributed by atoms with E-state index in [1.807, 2.05) is 0 Å². The molecule has 1 aliphatic rings. The van der Waals surface area contributed by atoms with Gasteiger partial charge in [-0.15, -0.1) is 0 Å². The van der Waals surface area contributed by atoms with Gasteiger partial charge in [0.2, 0.25) is 0 Å². The van der Waals surface area contributed by atoms with Crippen LogP contribution in [0.1, 0.15) is 23.4 Å². The summed E-state index contributed by atoms with van der Waals surface area (Å²) in [7, 11) is 0. The van der Waals surface area contributed by atoms with Gasteiger partial charge >= 0.3 is 0 Å². The van der Waals surface area contributed by atoms with Gasteiger partial charge in [-0.25, -0.2) is 4.98 Å². The lowest BCUT2D eigenvalue weighted by Crippen LogP contribution is -2.09. The molecule has 268 valence electrons. The zero-order valence-electron chi connectivity index (χ0n) is 31.2. The molecular formula is C53H36N4. The molecule has 4 heteroatoms. The number of rotatable bonds is 5. The number of fused-ring (bicyclic) bond motifs is 9. The summed E-state index contributed by atoms with van der Waals surface area (Å²) in [6.45, 7) is 0. The SMILES string of the molecule is C1=C(c2cc(-n3c4ccccc4c4ccccc43)cc(-c3cccc4c5ccccc5n(-c5ccccc5)c34)n2)c2c(c3ccccc3n2-c2ccccc2)CC1. The van der Waals surface area contributed by atoms with Gasteiger partial charge < -0.3 is 13.7 Å². The Hall–Kier alpha value is -7.43. The number of aryl methyl sites for hydroxylation is 1. The van der Waals surface area contributed by atoms with Gasteiger partial charge in [-0.05, 0) is 79.1 Å².